The van der Waals surface area contributed by atoms with Crippen LogP contribution in [-0.2, 0) is 6.54 Å². The molecular weight excluding hydrogens is 332 g/mol. The van der Waals surface area contributed by atoms with Crippen LogP contribution in [0.5, 0.6) is 5.75 Å². The summed E-state index contributed by atoms with van der Waals surface area (Å²) in [5.74, 6) is 1.37. The molecule has 0 aliphatic carbocycles. The normalized spacial score (nSPS) is 10.6. The van der Waals surface area contributed by atoms with E-state index in [2.05, 4.69) is 20.6 Å². The Morgan fingerprint density at radius 3 is 2.81 bits per heavy atom. The van der Waals surface area contributed by atoms with Gasteiger partial charge in [-0.3, -0.25) is 4.79 Å². The largest absolute Gasteiger partial charge is 0.489 e. The van der Waals surface area contributed by atoms with E-state index in [-0.39, 0.29) is 17.7 Å². The number of nitrogens with one attached hydrogen (secondary N) is 2. The molecule has 2 aromatic heterocycles. The minimum Gasteiger partial charge on any atom is -0.489 e. The number of amides is 1. The average molecular weight is 352 g/mol. The van der Waals surface area contributed by atoms with Crippen LogP contribution >= 0.6 is 0 Å². The van der Waals surface area contributed by atoms with Crippen LogP contribution < -0.4 is 15.4 Å². The Morgan fingerprint density at radius 1 is 1.19 bits per heavy atom. The van der Waals surface area contributed by atoms with E-state index in [0.717, 1.165) is 5.69 Å². The number of ether oxygens (including phenoxy) is 1. The smallest absolute Gasteiger partial charge is 0.270 e. The monoisotopic (exact) mass is 352 g/mol. The summed E-state index contributed by atoms with van der Waals surface area (Å²) in [6.45, 7) is 4.21. The van der Waals surface area contributed by atoms with Gasteiger partial charge in [0.2, 0.25) is 5.95 Å². The molecule has 3 rings (SSSR count). The summed E-state index contributed by atoms with van der Waals surface area (Å²) in [5, 5.41) is 5.85. The van der Waals surface area contributed by atoms with E-state index in [1.165, 1.54) is 6.20 Å². The highest BCUT2D eigenvalue weighted by Crippen LogP contribution is 2.26. The Kier molecular flexibility index (Phi) is 5.48. The van der Waals surface area contributed by atoms with Crippen LogP contribution in [0.1, 0.15) is 30.1 Å². The molecule has 0 unspecified atom stereocenters. The van der Waals surface area contributed by atoms with Crippen LogP contribution in [-0.4, -0.2) is 22.0 Å². The second-order valence-electron chi connectivity index (χ2n) is 5.82. The molecule has 7 nitrogen and oxygen atoms in total. The Hall–Kier alpha value is -3.35. The molecule has 0 spiro atoms. The fourth-order valence-electron chi connectivity index (χ4n) is 2.26. The minimum absolute atomic E-state index is 0.0394. The highest BCUT2D eigenvalue weighted by molar-refractivity contribution is 5.92. The van der Waals surface area contributed by atoms with Gasteiger partial charge < -0.3 is 19.8 Å². The standard InChI is InChI=1S/C19H20N4O3/c1-13(2)26-17-8-4-3-7-15(17)22-19-20-10-9-16(23-19)18(24)21-12-14-6-5-11-25-14/h3-11,13H,12H2,1-2H3,(H,21,24)(H,20,22,23). The van der Waals surface area contributed by atoms with Crippen molar-refractivity contribution in [2.24, 2.45) is 0 Å². The topological polar surface area (TPSA) is 89.3 Å². The lowest BCUT2D eigenvalue weighted by Gasteiger charge is -2.14. The third kappa shape index (κ3) is 4.60. The van der Waals surface area contributed by atoms with Gasteiger partial charge in [-0.25, -0.2) is 9.97 Å². The van der Waals surface area contributed by atoms with Crippen LogP contribution in [0.15, 0.2) is 59.3 Å². The number of nitrogens with zero attached hydrogens (tertiary/aromatic N) is 2. The number of aromatic nitrogens is 2. The molecule has 0 aliphatic rings. The Morgan fingerprint density at radius 2 is 2.04 bits per heavy atom. The lowest BCUT2D eigenvalue weighted by molar-refractivity contribution is 0.0943. The van der Waals surface area contributed by atoms with Gasteiger partial charge in [-0.15, -0.1) is 0 Å². The van der Waals surface area contributed by atoms with E-state index in [9.17, 15) is 4.79 Å². The van der Waals surface area contributed by atoms with Crippen LogP contribution in [0.2, 0.25) is 0 Å². The summed E-state index contributed by atoms with van der Waals surface area (Å²) in [7, 11) is 0. The molecule has 0 atom stereocenters. The van der Waals surface area contributed by atoms with Crippen LogP contribution in [0.3, 0.4) is 0 Å². The number of anilines is 2. The molecule has 0 radical (unpaired) electrons. The summed E-state index contributed by atoms with van der Waals surface area (Å²) in [5.41, 5.74) is 0.991. The number of rotatable bonds is 7. The minimum atomic E-state index is -0.307. The van der Waals surface area contributed by atoms with Gasteiger partial charge in [-0.2, -0.15) is 0 Å². The molecule has 2 N–H and O–H groups in total. The molecule has 3 aromatic rings. The zero-order chi connectivity index (χ0) is 18.4. The molecule has 134 valence electrons. The number of benzene rings is 1. The second kappa shape index (κ2) is 8.15. The second-order valence-corrected chi connectivity index (χ2v) is 5.82. The number of hydrogen-bond donors (Lipinski definition) is 2. The molecule has 7 heteroatoms. The van der Waals surface area contributed by atoms with E-state index >= 15 is 0 Å². The molecule has 0 saturated carbocycles. The van der Waals surface area contributed by atoms with Crippen molar-refractivity contribution in [2.75, 3.05) is 5.32 Å². The van der Waals surface area contributed by atoms with Crippen molar-refractivity contribution in [1.82, 2.24) is 15.3 Å². The maximum Gasteiger partial charge on any atom is 0.270 e. The number of carbonyl (C=O) groups excluding carboxylic acids is 1. The Bertz CT molecular complexity index is 863. The highest BCUT2D eigenvalue weighted by atomic mass is 16.5. The predicted molar refractivity (Wildman–Crippen MR) is 97.4 cm³/mol. The van der Waals surface area contributed by atoms with E-state index in [0.29, 0.717) is 24.0 Å². The highest BCUT2D eigenvalue weighted by Gasteiger charge is 2.11. The van der Waals surface area contributed by atoms with Crippen molar-refractivity contribution in [1.29, 1.82) is 0 Å². The molecule has 26 heavy (non-hydrogen) atoms. The SMILES string of the molecule is CC(C)Oc1ccccc1Nc1nccc(C(=O)NCc2ccco2)n1. The molecule has 2 heterocycles. The van der Waals surface area contributed by atoms with Crippen LogP contribution in [0.25, 0.3) is 0 Å². The first-order chi connectivity index (χ1) is 12.6. The van der Waals surface area contributed by atoms with E-state index < -0.39 is 0 Å². The average Bonchev–Trinajstić information content (AvgIpc) is 3.15. The van der Waals surface area contributed by atoms with Crippen LogP contribution in [0.4, 0.5) is 11.6 Å². The lowest BCUT2D eigenvalue weighted by atomic mass is 10.3. The van der Waals surface area contributed by atoms with Gasteiger partial charge in [0.25, 0.3) is 5.91 Å². The summed E-state index contributed by atoms with van der Waals surface area (Å²) in [6.07, 6.45) is 3.13. The fraction of sp³-hybridized carbons (Fsp3) is 0.211. The molecule has 0 saturated heterocycles. The van der Waals surface area contributed by atoms with Crippen molar-refractivity contribution in [2.45, 2.75) is 26.5 Å². The number of hydrogen-bond acceptors (Lipinski definition) is 6. The first kappa shape index (κ1) is 17.5. The van der Waals surface area contributed by atoms with Gasteiger partial charge in [0, 0.05) is 6.20 Å². The van der Waals surface area contributed by atoms with Gasteiger partial charge in [0.15, 0.2) is 0 Å². The zero-order valence-electron chi connectivity index (χ0n) is 14.6. The van der Waals surface area contributed by atoms with Gasteiger partial charge >= 0.3 is 0 Å². The summed E-state index contributed by atoms with van der Waals surface area (Å²) >= 11 is 0. The quantitative estimate of drug-likeness (QED) is 0.676. The number of para-hydroxylation sites is 2. The molecule has 0 bridgehead atoms. The Labute approximate surface area is 151 Å². The first-order valence-electron chi connectivity index (χ1n) is 8.28. The van der Waals surface area contributed by atoms with E-state index in [4.69, 9.17) is 9.15 Å². The van der Waals surface area contributed by atoms with Crippen molar-refractivity contribution in [3.63, 3.8) is 0 Å². The summed E-state index contributed by atoms with van der Waals surface area (Å²) in [4.78, 5) is 20.7. The summed E-state index contributed by atoms with van der Waals surface area (Å²) in [6, 6.07) is 12.6. The maximum absolute atomic E-state index is 12.3. The predicted octanol–water partition coefficient (Wildman–Crippen LogP) is 3.53. The van der Waals surface area contributed by atoms with Gasteiger partial charge in [0.1, 0.15) is 17.2 Å². The maximum atomic E-state index is 12.3. The number of furan rings is 1. The zero-order valence-corrected chi connectivity index (χ0v) is 14.6. The Balaban J connectivity index is 1.70. The van der Waals surface area contributed by atoms with Crippen molar-refractivity contribution in [3.8, 4) is 5.75 Å². The number of carbonyl (C=O) groups is 1. The van der Waals surface area contributed by atoms with Gasteiger partial charge in [-0.1, -0.05) is 12.1 Å². The third-order valence-electron chi connectivity index (χ3n) is 3.39. The molecule has 1 amide bonds. The lowest BCUT2D eigenvalue weighted by Crippen LogP contribution is -2.24. The van der Waals surface area contributed by atoms with Crippen LogP contribution in [0, 0.1) is 0 Å². The van der Waals surface area contributed by atoms with E-state index in [1.807, 2.05) is 38.1 Å². The van der Waals surface area contributed by atoms with Gasteiger partial charge in [-0.05, 0) is 44.2 Å². The summed E-state index contributed by atoms with van der Waals surface area (Å²) < 4.78 is 11.0. The van der Waals surface area contributed by atoms with Crippen molar-refractivity contribution < 1.29 is 13.9 Å². The molecule has 0 aliphatic heterocycles. The first-order valence-corrected chi connectivity index (χ1v) is 8.28. The van der Waals surface area contributed by atoms with Gasteiger partial charge in [0.05, 0.1) is 24.6 Å². The van der Waals surface area contributed by atoms with Crippen molar-refractivity contribution in [3.05, 3.63) is 66.4 Å². The third-order valence-corrected chi connectivity index (χ3v) is 3.39. The van der Waals surface area contributed by atoms with E-state index in [1.54, 1.807) is 24.5 Å². The molecular formula is C19H20N4O3. The molecule has 1 aromatic carbocycles. The fourth-order valence-corrected chi connectivity index (χ4v) is 2.26. The van der Waals surface area contributed by atoms with Crippen molar-refractivity contribution >= 4 is 17.5 Å². The molecule has 0 fully saturated rings.